The number of halogens is 1. The molecular formula is C22H24ClN5O4S2. The highest BCUT2D eigenvalue weighted by atomic mass is 35.5. The average molecular weight is 522 g/mol. The van der Waals surface area contributed by atoms with Crippen LogP contribution in [0.4, 0.5) is 5.00 Å². The van der Waals surface area contributed by atoms with Crippen molar-refractivity contribution < 1.29 is 17.9 Å². The summed E-state index contributed by atoms with van der Waals surface area (Å²) in [5.74, 6) is 0.616. The second-order valence-corrected chi connectivity index (χ2v) is 11.8. The Morgan fingerprint density at radius 3 is 2.76 bits per heavy atom. The maximum atomic E-state index is 13.1. The molecule has 1 atom stereocenters. The fourth-order valence-electron chi connectivity index (χ4n) is 4.17. The number of hydrogen-bond donors (Lipinski definition) is 2. The van der Waals surface area contributed by atoms with E-state index in [2.05, 4.69) is 15.0 Å². The monoisotopic (exact) mass is 521 g/mol. The molecule has 2 aliphatic heterocycles. The first-order valence-electron chi connectivity index (χ1n) is 10.8. The summed E-state index contributed by atoms with van der Waals surface area (Å²) in [6.07, 6.45) is 1.53. The lowest BCUT2D eigenvalue weighted by atomic mass is 10.0. The summed E-state index contributed by atoms with van der Waals surface area (Å²) in [6.45, 7) is 2.87. The number of piperazine rings is 1. The van der Waals surface area contributed by atoms with Gasteiger partial charge in [0.25, 0.3) is 5.91 Å². The molecule has 3 aromatic rings. The summed E-state index contributed by atoms with van der Waals surface area (Å²) in [5, 5.41) is 4.25. The zero-order valence-corrected chi connectivity index (χ0v) is 21.1. The molecule has 1 aromatic carbocycles. The summed E-state index contributed by atoms with van der Waals surface area (Å²) in [4.78, 5) is 19.3. The largest absolute Gasteiger partial charge is 0.479 e. The van der Waals surface area contributed by atoms with Crippen LogP contribution in [0, 0.1) is 0 Å². The van der Waals surface area contributed by atoms with Gasteiger partial charge in [-0.15, -0.1) is 11.3 Å². The van der Waals surface area contributed by atoms with E-state index in [9.17, 15) is 13.2 Å². The Morgan fingerprint density at radius 1 is 1.26 bits per heavy atom. The third kappa shape index (κ3) is 4.34. The maximum absolute atomic E-state index is 13.1. The molecule has 2 N–H and O–H groups in total. The number of ether oxygens (including phenoxy) is 1. The van der Waals surface area contributed by atoms with E-state index in [1.54, 1.807) is 12.3 Å². The van der Waals surface area contributed by atoms with Crippen LogP contribution < -0.4 is 14.8 Å². The molecule has 0 aliphatic carbocycles. The van der Waals surface area contributed by atoms with Crippen molar-refractivity contribution in [2.45, 2.75) is 12.5 Å². The van der Waals surface area contributed by atoms with Gasteiger partial charge in [-0.05, 0) is 24.3 Å². The number of thiophene rings is 1. The summed E-state index contributed by atoms with van der Waals surface area (Å²) >= 11 is 7.75. The molecule has 0 spiro atoms. The fourth-order valence-corrected chi connectivity index (χ4v) is 6.28. The number of aromatic nitrogens is 1. The molecule has 12 heteroatoms. The van der Waals surface area contributed by atoms with Gasteiger partial charge in [0.1, 0.15) is 10.8 Å². The number of rotatable bonds is 5. The van der Waals surface area contributed by atoms with Gasteiger partial charge in [-0.1, -0.05) is 11.6 Å². The average Bonchev–Trinajstić information content (AvgIpc) is 3.41. The highest BCUT2D eigenvalue weighted by Crippen LogP contribution is 2.45. The minimum Gasteiger partial charge on any atom is -0.479 e. The third-order valence-electron chi connectivity index (χ3n) is 5.91. The summed E-state index contributed by atoms with van der Waals surface area (Å²) in [5.41, 5.74) is 3.11. The van der Waals surface area contributed by atoms with Gasteiger partial charge in [-0.25, -0.2) is 0 Å². The van der Waals surface area contributed by atoms with Crippen LogP contribution in [0.1, 0.15) is 5.56 Å². The van der Waals surface area contributed by atoms with Gasteiger partial charge in [0.15, 0.2) is 6.10 Å². The van der Waals surface area contributed by atoms with Crippen LogP contribution >= 0.6 is 22.9 Å². The van der Waals surface area contributed by atoms with E-state index in [1.807, 2.05) is 23.1 Å². The molecule has 1 fully saturated rings. The quantitative estimate of drug-likeness (QED) is 0.535. The molecule has 1 saturated heterocycles. The van der Waals surface area contributed by atoms with E-state index >= 15 is 0 Å². The molecule has 0 saturated carbocycles. The molecule has 1 amide bonds. The molecule has 180 valence electrons. The summed E-state index contributed by atoms with van der Waals surface area (Å²) < 4.78 is 35.3. The predicted octanol–water partition coefficient (Wildman–Crippen LogP) is 2.57. The fraction of sp³-hybridized carbons (Fsp3) is 0.364. The third-order valence-corrected chi connectivity index (χ3v) is 8.77. The molecule has 1 unspecified atom stereocenters. The number of nitrogens with zero attached hydrogens (tertiary/aromatic N) is 3. The Balaban J connectivity index is 1.51. The Bertz CT molecular complexity index is 1370. The Labute approximate surface area is 206 Å². The van der Waals surface area contributed by atoms with Crippen LogP contribution in [-0.2, 0) is 21.4 Å². The summed E-state index contributed by atoms with van der Waals surface area (Å²) in [7, 11) is -0.722. The minimum absolute atomic E-state index is 0.0175. The van der Waals surface area contributed by atoms with Crippen LogP contribution in [0.3, 0.4) is 0 Å². The molecule has 0 radical (unpaired) electrons. The van der Waals surface area contributed by atoms with E-state index in [1.165, 1.54) is 25.4 Å². The SMILES string of the molecule is CN(C)S(=O)(=O)Nc1cc2nccc(-c3cc(Cl)cc4c3OC(C(=O)N3CCNCC3)C4)c2s1. The molecule has 2 aromatic heterocycles. The Kier molecular flexibility index (Phi) is 6.15. The number of amides is 1. The molecular weight excluding hydrogens is 498 g/mol. The van der Waals surface area contributed by atoms with Gasteiger partial charge in [-0.3, -0.25) is 14.5 Å². The van der Waals surface area contributed by atoms with E-state index < -0.39 is 16.3 Å². The lowest BCUT2D eigenvalue weighted by Gasteiger charge is -2.29. The predicted molar refractivity (Wildman–Crippen MR) is 134 cm³/mol. The molecule has 2 aliphatic rings. The first-order valence-corrected chi connectivity index (χ1v) is 13.4. The highest BCUT2D eigenvalue weighted by molar-refractivity contribution is 7.90. The van der Waals surface area contributed by atoms with E-state index in [0.29, 0.717) is 40.8 Å². The number of benzene rings is 1. The van der Waals surface area contributed by atoms with Crippen molar-refractivity contribution in [2.75, 3.05) is 45.0 Å². The molecule has 34 heavy (non-hydrogen) atoms. The summed E-state index contributed by atoms with van der Waals surface area (Å²) in [6, 6.07) is 7.21. The highest BCUT2D eigenvalue weighted by Gasteiger charge is 2.35. The Morgan fingerprint density at radius 2 is 2.03 bits per heavy atom. The van der Waals surface area contributed by atoms with Crippen molar-refractivity contribution >= 4 is 54.3 Å². The smallest absolute Gasteiger partial charge is 0.301 e. The lowest BCUT2D eigenvalue weighted by molar-refractivity contribution is -0.138. The van der Waals surface area contributed by atoms with Crippen molar-refractivity contribution in [2.24, 2.45) is 0 Å². The number of pyridine rings is 1. The van der Waals surface area contributed by atoms with E-state index in [-0.39, 0.29) is 5.91 Å². The van der Waals surface area contributed by atoms with Crippen LogP contribution in [0.25, 0.3) is 21.3 Å². The van der Waals surface area contributed by atoms with E-state index in [4.69, 9.17) is 16.3 Å². The lowest BCUT2D eigenvalue weighted by Crippen LogP contribution is -2.50. The van der Waals surface area contributed by atoms with Crippen LogP contribution in [0.2, 0.25) is 5.02 Å². The number of fused-ring (bicyclic) bond motifs is 2. The maximum Gasteiger partial charge on any atom is 0.301 e. The molecule has 5 rings (SSSR count). The van der Waals surface area contributed by atoms with Gasteiger partial charge in [0.2, 0.25) is 0 Å². The topological polar surface area (TPSA) is 104 Å². The molecule has 4 heterocycles. The van der Waals surface area contributed by atoms with Crippen molar-refractivity contribution in [3.8, 4) is 16.9 Å². The van der Waals surface area contributed by atoms with Crippen molar-refractivity contribution in [3.05, 3.63) is 41.0 Å². The standard InChI is InChI=1S/C22H24ClN5O4S2/c1-27(2)34(30,31)26-19-12-17-21(33-19)15(3-4-25-17)16-11-14(23)9-13-10-18(32-20(13)16)22(29)28-7-5-24-6-8-28/h3-4,9,11-12,18,24,26H,5-8,10H2,1-2H3. The number of anilines is 1. The van der Waals surface area contributed by atoms with Gasteiger partial charge < -0.3 is 15.0 Å². The van der Waals surface area contributed by atoms with Gasteiger partial charge in [0.05, 0.1) is 10.2 Å². The molecule has 0 bridgehead atoms. The normalized spacial score (nSPS) is 18.2. The van der Waals surface area contributed by atoms with Gasteiger partial charge in [0, 0.05) is 74.6 Å². The van der Waals surface area contributed by atoms with Gasteiger partial charge in [-0.2, -0.15) is 12.7 Å². The minimum atomic E-state index is -3.65. The van der Waals surface area contributed by atoms with Crippen molar-refractivity contribution in [1.82, 2.24) is 19.5 Å². The van der Waals surface area contributed by atoms with Crippen molar-refractivity contribution in [3.63, 3.8) is 0 Å². The first kappa shape index (κ1) is 23.3. The number of hydrogen-bond acceptors (Lipinski definition) is 7. The van der Waals surface area contributed by atoms with Crippen LogP contribution in [-0.4, -0.2) is 74.9 Å². The number of carbonyl (C=O) groups excluding carboxylic acids is 1. The number of nitrogens with one attached hydrogen (secondary N) is 2. The number of carbonyl (C=O) groups is 1. The molecule has 9 nitrogen and oxygen atoms in total. The van der Waals surface area contributed by atoms with Crippen molar-refractivity contribution in [1.29, 1.82) is 0 Å². The van der Waals surface area contributed by atoms with E-state index in [0.717, 1.165) is 38.8 Å². The first-order chi connectivity index (χ1) is 16.2. The zero-order chi connectivity index (χ0) is 24.0. The van der Waals surface area contributed by atoms with Gasteiger partial charge >= 0.3 is 10.2 Å². The van der Waals surface area contributed by atoms with Crippen LogP contribution in [0.15, 0.2) is 30.5 Å². The second-order valence-electron chi connectivity index (χ2n) is 8.40. The second kappa shape index (κ2) is 8.97. The van der Waals surface area contributed by atoms with Crippen LogP contribution in [0.5, 0.6) is 5.75 Å². The Hall–Kier alpha value is -2.44. The zero-order valence-electron chi connectivity index (χ0n) is 18.7.